The lowest BCUT2D eigenvalue weighted by atomic mass is 9.93. The first-order valence-electron chi connectivity index (χ1n) is 9.81. The molecule has 0 spiro atoms. The zero-order valence-corrected chi connectivity index (χ0v) is 17.0. The van der Waals surface area contributed by atoms with E-state index in [1.54, 1.807) is 23.9 Å². The van der Waals surface area contributed by atoms with E-state index in [-0.39, 0.29) is 22.9 Å². The van der Waals surface area contributed by atoms with Crippen molar-refractivity contribution >= 4 is 15.9 Å². The van der Waals surface area contributed by atoms with E-state index in [0.29, 0.717) is 18.8 Å². The van der Waals surface area contributed by atoms with Gasteiger partial charge in [-0.3, -0.25) is 4.79 Å². The summed E-state index contributed by atoms with van der Waals surface area (Å²) in [5.74, 6) is -0.0581. The molecule has 0 bridgehead atoms. The summed E-state index contributed by atoms with van der Waals surface area (Å²) >= 11 is 0. The average Bonchev–Trinajstić information content (AvgIpc) is 3.25. The van der Waals surface area contributed by atoms with E-state index >= 15 is 0 Å². The van der Waals surface area contributed by atoms with Crippen LogP contribution in [0.4, 0.5) is 0 Å². The van der Waals surface area contributed by atoms with Gasteiger partial charge in [-0.1, -0.05) is 19.3 Å². The third kappa shape index (κ3) is 3.69. The number of aryl methyl sites for hydroxylation is 1. The van der Waals surface area contributed by atoms with Gasteiger partial charge in [-0.2, -0.15) is 4.31 Å². The summed E-state index contributed by atoms with van der Waals surface area (Å²) in [6, 6.07) is 1.91. The van der Waals surface area contributed by atoms with Crippen LogP contribution in [0.1, 0.15) is 69.3 Å². The maximum Gasteiger partial charge on any atom is 0.270 e. The number of aromatic nitrogens is 1. The van der Waals surface area contributed by atoms with Gasteiger partial charge in [0.05, 0.1) is 0 Å². The van der Waals surface area contributed by atoms with Crippen molar-refractivity contribution in [1.29, 1.82) is 0 Å². The fourth-order valence-electron chi connectivity index (χ4n) is 4.28. The van der Waals surface area contributed by atoms with Gasteiger partial charge in [0.1, 0.15) is 10.6 Å². The monoisotopic (exact) mass is 381 g/mol. The van der Waals surface area contributed by atoms with Crippen molar-refractivity contribution in [3.05, 3.63) is 18.0 Å². The topological polar surface area (TPSA) is 62.6 Å². The molecule has 1 aliphatic carbocycles. The highest BCUT2D eigenvalue weighted by Gasteiger charge is 2.33. The summed E-state index contributed by atoms with van der Waals surface area (Å²) in [5, 5.41) is 0. The minimum atomic E-state index is -3.50. The van der Waals surface area contributed by atoms with Crippen LogP contribution in [0.15, 0.2) is 17.2 Å². The van der Waals surface area contributed by atoms with Crippen LogP contribution in [0, 0.1) is 0 Å². The van der Waals surface area contributed by atoms with Crippen LogP contribution in [0.25, 0.3) is 0 Å². The van der Waals surface area contributed by atoms with Crippen LogP contribution in [0.5, 0.6) is 0 Å². The molecule has 1 saturated carbocycles. The number of nitrogens with zero attached hydrogens (tertiary/aromatic N) is 3. The van der Waals surface area contributed by atoms with Gasteiger partial charge in [-0.05, 0) is 45.6 Å². The van der Waals surface area contributed by atoms with Crippen molar-refractivity contribution in [3.8, 4) is 0 Å². The van der Waals surface area contributed by atoms with Crippen LogP contribution in [0.3, 0.4) is 0 Å². The van der Waals surface area contributed by atoms with Crippen molar-refractivity contribution in [2.45, 2.75) is 75.8 Å². The first-order valence-corrected chi connectivity index (χ1v) is 11.3. The number of sulfonamides is 1. The summed E-state index contributed by atoms with van der Waals surface area (Å²) in [6.07, 6.45) is 9.01. The number of amides is 1. The van der Waals surface area contributed by atoms with Crippen LogP contribution in [-0.2, 0) is 17.1 Å². The lowest BCUT2D eigenvalue weighted by Gasteiger charge is -2.37. The van der Waals surface area contributed by atoms with Crippen molar-refractivity contribution in [2.75, 3.05) is 13.1 Å². The highest BCUT2D eigenvalue weighted by atomic mass is 32.2. The maximum atomic E-state index is 13.3. The summed E-state index contributed by atoms with van der Waals surface area (Å²) in [5.41, 5.74) is 0.460. The van der Waals surface area contributed by atoms with Crippen LogP contribution < -0.4 is 0 Å². The molecule has 6 nitrogen and oxygen atoms in total. The minimum Gasteiger partial charge on any atom is -0.345 e. The Hall–Kier alpha value is -1.34. The number of carbonyl (C=O) groups is 1. The maximum absolute atomic E-state index is 13.3. The molecule has 1 saturated heterocycles. The lowest BCUT2D eigenvalue weighted by Crippen LogP contribution is -2.46. The fraction of sp³-hybridized carbons (Fsp3) is 0.737. The summed E-state index contributed by atoms with van der Waals surface area (Å²) in [4.78, 5) is 15.5. The molecule has 1 amide bonds. The molecule has 7 heteroatoms. The Morgan fingerprint density at radius 2 is 1.73 bits per heavy atom. The Bertz CT molecular complexity index is 742. The molecule has 146 valence electrons. The van der Waals surface area contributed by atoms with Gasteiger partial charge in [-0.25, -0.2) is 8.42 Å². The normalized spacial score (nSPS) is 20.0. The Morgan fingerprint density at radius 1 is 1.12 bits per heavy atom. The molecule has 1 aromatic heterocycles. The second kappa shape index (κ2) is 7.72. The van der Waals surface area contributed by atoms with E-state index in [0.717, 1.165) is 38.5 Å². The lowest BCUT2D eigenvalue weighted by molar-refractivity contribution is 0.0545. The predicted molar refractivity (Wildman–Crippen MR) is 102 cm³/mol. The Balaban J connectivity index is 1.88. The van der Waals surface area contributed by atoms with Crippen LogP contribution in [0.2, 0.25) is 0 Å². The molecule has 1 aliphatic heterocycles. The molecule has 0 radical (unpaired) electrons. The fourth-order valence-corrected chi connectivity index (χ4v) is 5.87. The quantitative estimate of drug-likeness (QED) is 0.788. The van der Waals surface area contributed by atoms with Crippen molar-refractivity contribution in [2.24, 2.45) is 7.05 Å². The van der Waals surface area contributed by atoms with Gasteiger partial charge in [0.15, 0.2) is 0 Å². The molecule has 3 rings (SSSR count). The highest BCUT2D eigenvalue weighted by Crippen LogP contribution is 2.28. The van der Waals surface area contributed by atoms with Gasteiger partial charge in [0, 0.05) is 38.4 Å². The largest absolute Gasteiger partial charge is 0.345 e. The van der Waals surface area contributed by atoms with Crippen molar-refractivity contribution in [1.82, 2.24) is 13.8 Å². The first-order chi connectivity index (χ1) is 12.3. The predicted octanol–water partition coefficient (Wildman–Crippen LogP) is 2.99. The number of rotatable bonds is 5. The van der Waals surface area contributed by atoms with E-state index in [2.05, 4.69) is 0 Å². The summed E-state index contributed by atoms with van der Waals surface area (Å²) < 4.78 is 28.8. The minimum absolute atomic E-state index is 0.0581. The van der Waals surface area contributed by atoms with Gasteiger partial charge >= 0.3 is 0 Å². The average molecular weight is 382 g/mol. The third-order valence-corrected chi connectivity index (χ3v) is 7.52. The van der Waals surface area contributed by atoms with Crippen molar-refractivity contribution < 1.29 is 13.2 Å². The molecule has 0 N–H and O–H groups in total. The molecule has 2 aliphatic rings. The molecule has 2 fully saturated rings. The van der Waals surface area contributed by atoms with E-state index < -0.39 is 10.0 Å². The van der Waals surface area contributed by atoms with Crippen LogP contribution >= 0.6 is 0 Å². The third-order valence-electron chi connectivity index (χ3n) is 5.66. The first kappa shape index (κ1) is 19.4. The Morgan fingerprint density at radius 3 is 2.31 bits per heavy atom. The second-order valence-electron chi connectivity index (χ2n) is 7.88. The van der Waals surface area contributed by atoms with Gasteiger partial charge in [-0.15, -0.1) is 0 Å². The standard InChI is InChI=1S/C19H31N3O3S/c1-15(2)22(16-9-5-4-6-10-16)19(23)18-13-17(14-20(18)3)26(24,25)21-11-7-8-12-21/h13-16H,4-12H2,1-3H3. The molecule has 2 heterocycles. The zero-order chi connectivity index (χ0) is 18.9. The molecule has 0 unspecified atom stereocenters. The van der Waals surface area contributed by atoms with Gasteiger partial charge in [0.25, 0.3) is 5.91 Å². The van der Waals surface area contributed by atoms with Crippen LogP contribution in [-0.4, -0.2) is 53.3 Å². The van der Waals surface area contributed by atoms with E-state index in [4.69, 9.17) is 0 Å². The zero-order valence-electron chi connectivity index (χ0n) is 16.1. The van der Waals surface area contributed by atoms with Crippen molar-refractivity contribution in [3.63, 3.8) is 0 Å². The SMILES string of the molecule is CC(C)N(C(=O)c1cc(S(=O)(=O)N2CCCC2)cn1C)C1CCCCC1. The molecule has 26 heavy (non-hydrogen) atoms. The highest BCUT2D eigenvalue weighted by molar-refractivity contribution is 7.89. The molecule has 0 atom stereocenters. The molecule has 0 aromatic carbocycles. The Labute approximate surface area is 157 Å². The Kier molecular flexibility index (Phi) is 5.77. The molecular weight excluding hydrogens is 350 g/mol. The van der Waals surface area contributed by atoms with Gasteiger partial charge < -0.3 is 9.47 Å². The molecular formula is C19H31N3O3S. The van der Waals surface area contributed by atoms with E-state index in [1.807, 2.05) is 18.7 Å². The summed E-state index contributed by atoms with van der Waals surface area (Å²) in [7, 11) is -1.74. The number of carbonyl (C=O) groups excluding carboxylic acids is 1. The molecule has 1 aromatic rings. The van der Waals surface area contributed by atoms with Gasteiger partial charge in [0.2, 0.25) is 10.0 Å². The second-order valence-corrected chi connectivity index (χ2v) is 9.82. The van der Waals surface area contributed by atoms with E-state index in [1.165, 1.54) is 10.7 Å². The summed E-state index contributed by atoms with van der Waals surface area (Å²) in [6.45, 7) is 5.22. The smallest absolute Gasteiger partial charge is 0.270 e. The van der Waals surface area contributed by atoms with E-state index in [9.17, 15) is 13.2 Å². The number of hydrogen-bond acceptors (Lipinski definition) is 3. The number of hydrogen-bond donors (Lipinski definition) is 0.